The average Bonchev–Trinajstić information content (AvgIpc) is 3.52. The van der Waals surface area contributed by atoms with Crippen LogP contribution >= 0.6 is 0 Å². The van der Waals surface area contributed by atoms with Gasteiger partial charge in [0.1, 0.15) is 11.9 Å². The Morgan fingerprint density at radius 1 is 0.895 bits per heavy atom. The second kappa shape index (κ2) is 11.4. The van der Waals surface area contributed by atoms with E-state index in [2.05, 4.69) is 59.3 Å². The summed E-state index contributed by atoms with van der Waals surface area (Å²) in [6.07, 6.45) is 8.57. The summed E-state index contributed by atoms with van der Waals surface area (Å²) in [6.45, 7) is 4.25. The molecular formula is C34H40N2O2. The van der Waals surface area contributed by atoms with Crippen molar-refractivity contribution < 1.29 is 9.53 Å². The Morgan fingerprint density at radius 3 is 2.58 bits per heavy atom. The van der Waals surface area contributed by atoms with Gasteiger partial charge in [0, 0.05) is 37.7 Å². The molecule has 3 aromatic carbocycles. The topological polar surface area (TPSA) is 32.8 Å². The van der Waals surface area contributed by atoms with Gasteiger partial charge in [-0.1, -0.05) is 48.5 Å². The summed E-state index contributed by atoms with van der Waals surface area (Å²) in [5.41, 5.74) is 7.89. The highest BCUT2D eigenvalue weighted by atomic mass is 16.5. The van der Waals surface area contributed by atoms with Crippen LogP contribution in [0.1, 0.15) is 72.0 Å². The molecule has 0 spiro atoms. The molecule has 3 aliphatic rings. The van der Waals surface area contributed by atoms with Crippen molar-refractivity contribution in [2.45, 2.75) is 70.1 Å². The highest BCUT2D eigenvalue weighted by Gasteiger charge is 2.23. The molecule has 0 radical (unpaired) electrons. The Morgan fingerprint density at radius 2 is 1.74 bits per heavy atom. The Labute approximate surface area is 227 Å². The van der Waals surface area contributed by atoms with Gasteiger partial charge >= 0.3 is 0 Å². The van der Waals surface area contributed by atoms with Crippen molar-refractivity contribution in [2.75, 3.05) is 26.7 Å². The van der Waals surface area contributed by atoms with E-state index in [1.807, 2.05) is 24.3 Å². The standard InChI is InChI=1S/C34H40N2O2/c1-35-18-6-10-29(35)9-5-13-34(37)28-8-4-11-31(23-28)38-30-16-19-36(20-17-30)24-25-14-15-27-22-26-7-2-3-12-32(26)33(27)21-25/h2-4,7-8,11-12,14-15,21,23,29-30H,5-6,9-10,13,16-20,22,24H2,1H3. The number of piperidine rings is 1. The minimum absolute atomic E-state index is 0.210. The molecule has 6 rings (SSSR count). The highest BCUT2D eigenvalue weighted by molar-refractivity contribution is 5.96. The molecular weight excluding hydrogens is 468 g/mol. The van der Waals surface area contributed by atoms with Gasteiger partial charge in [-0.05, 0) is 105 Å². The van der Waals surface area contributed by atoms with Gasteiger partial charge in [-0.15, -0.1) is 0 Å². The molecule has 0 aromatic heterocycles. The number of benzene rings is 3. The van der Waals surface area contributed by atoms with E-state index in [4.69, 9.17) is 4.74 Å². The maximum atomic E-state index is 12.8. The monoisotopic (exact) mass is 508 g/mol. The number of hydrogen-bond donors (Lipinski definition) is 0. The van der Waals surface area contributed by atoms with E-state index < -0.39 is 0 Å². The Bertz CT molecular complexity index is 1280. The molecule has 4 heteroatoms. The van der Waals surface area contributed by atoms with Crippen molar-refractivity contribution in [3.8, 4) is 16.9 Å². The molecule has 198 valence electrons. The Kier molecular flexibility index (Phi) is 7.62. The predicted octanol–water partition coefficient (Wildman–Crippen LogP) is 6.75. The Hall–Kier alpha value is -2.95. The average molecular weight is 509 g/mol. The molecule has 2 aliphatic heterocycles. The quantitative estimate of drug-likeness (QED) is 0.234. The minimum atomic E-state index is 0.210. The summed E-state index contributed by atoms with van der Waals surface area (Å²) in [4.78, 5) is 17.8. The molecule has 1 atom stereocenters. The number of rotatable bonds is 9. The van der Waals surface area contributed by atoms with Crippen LogP contribution in [0.3, 0.4) is 0 Å². The van der Waals surface area contributed by atoms with E-state index >= 15 is 0 Å². The summed E-state index contributed by atoms with van der Waals surface area (Å²) in [5, 5.41) is 0. The fraction of sp³-hybridized carbons (Fsp3) is 0.441. The van der Waals surface area contributed by atoms with Gasteiger partial charge in [0.15, 0.2) is 5.78 Å². The minimum Gasteiger partial charge on any atom is -0.490 e. The first-order chi connectivity index (χ1) is 18.6. The third kappa shape index (κ3) is 5.72. The third-order valence-electron chi connectivity index (χ3n) is 8.87. The number of ketones is 1. The molecule has 3 aromatic rings. The van der Waals surface area contributed by atoms with Gasteiger partial charge in [0.25, 0.3) is 0 Å². The summed E-state index contributed by atoms with van der Waals surface area (Å²) in [6, 6.07) is 24.3. The van der Waals surface area contributed by atoms with Gasteiger partial charge in [-0.25, -0.2) is 0 Å². The van der Waals surface area contributed by atoms with Crippen molar-refractivity contribution in [1.29, 1.82) is 0 Å². The zero-order chi connectivity index (χ0) is 25.9. The highest BCUT2D eigenvalue weighted by Crippen LogP contribution is 2.37. The summed E-state index contributed by atoms with van der Waals surface area (Å²) in [7, 11) is 2.21. The molecule has 2 fully saturated rings. The zero-order valence-electron chi connectivity index (χ0n) is 22.7. The van der Waals surface area contributed by atoms with Crippen LogP contribution in [0.4, 0.5) is 0 Å². The lowest BCUT2D eigenvalue weighted by Crippen LogP contribution is -2.37. The van der Waals surface area contributed by atoms with Crippen LogP contribution in [0.25, 0.3) is 11.1 Å². The van der Waals surface area contributed by atoms with Crippen molar-refractivity contribution >= 4 is 5.78 Å². The van der Waals surface area contributed by atoms with Crippen LogP contribution in [0.5, 0.6) is 5.75 Å². The maximum absolute atomic E-state index is 12.8. The summed E-state index contributed by atoms with van der Waals surface area (Å²) in [5.74, 6) is 1.07. The largest absolute Gasteiger partial charge is 0.490 e. The van der Waals surface area contributed by atoms with Crippen LogP contribution in [-0.4, -0.2) is 54.4 Å². The fourth-order valence-electron chi connectivity index (χ4n) is 6.63. The smallest absolute Gasteiger partial charge is 0.163 e. The lowest BCUT2D eigenvalue weighted by molar-refractivity contribution is 0.0949. The first kappa shape index (κ1) is 25.3. The molecule has 38 heavy (non-hydrogen) atoms. The molecule has 0 N–H and O–H groups in total. The second-order valence-corrected chi connectivity index (χ2v) is 11.5. The van der Waals surface area contributed by atoms with E-state index in [9.17, 15) is 4.79 Å². The number of fused-ring (bicyclic) bond motifs is 3. The van der Waals surface area contributed by atoms with Crippen LogP contribution in [0.2, 0.25) is 0 Å². The van der Waals surface area contributed by atoms with E-state index in [1.54, 1.807) is 0 Å². The number of carbonyl (C=O) groups is 1. The van der Waals surface area contributed by atoms with Crippen LogP contribution < -0.4 is 4.74 Å². The molecule has 1 aliphatic carbocycles. The number of nitrogens with zero attached hydrogens (tertiary/aromatic N) is 2. The number of Topliss-reactive ketones (excluding diaryl/α,β-unsaturated/α-hetero) is 1. The lowest BCUT2D eigenvalue weighted by Gasteiger charge is -2.32. The van der Waals surface area contributed by atoms with Gasteiger partial charge in [-0.2, -0.15) is 0 Å². The third-order valence-corrected chi connectivity index (χ3v) is 8.87. The van der Waals surface area contributed by atoms with Crippen LogP contribution in [0, 0.1) is 0 Å². The maximum Gasteiger partial charge on any atom is 0.163 e. The van der Waals surface area contributed by atoms with Gasteiger partial charge < -0.3 is 9.64 Å². The first-order valence-corrected chi connectivity index (χ1v) is 14.5. The van der Waals surface area contributed by atoms with E-state index in [0.29, 0.717) is 12.5 Å². The molecule has 0 bridgehead atoms. The van der Waals surface area contributed by atoms with Gasteiger partial charge in [0.05, 0.1) is 0 Å². The first-order valence-electron chi connectivity index (χ1n) is 14.5. The SMILES string of the molecule is CN1CCCC1CCCC(=O)c1cccc(OC2CCN(Cc3ccc4c(c3)-c3ccccc3C4)CC2)c1. The molecule has 0 amide bonds. The van der Waals surface area contributed by atoms with E-state index in [0.717, 1.165) is 63.1 Å². The summed E-state index contributed by atoms with van der Waals surface area (Å²) < 4.78 is 6.36. The predicted molar refractivity (Wildman–Crippen MR) is 154 cm³/mol. The normalized spacial score (nSPS) is 19.9. The van der Waals surface area contributed by atoms with Crippen molar-refractivity contribution in [1.82, 2.24) is 9.80 Å². The van der Waals surface area contributed by atoms with Crippen molar-refractivity contribution in [2.24, 2.45) is 0 Å². The van der Waals surface area contributed by atoms with E-state index in [1.165, 1.54) is 47.2 Å². The van der Waals surface area contributed by atoms with Crippen molar-refractivity contribution in [3.05, 3.63) is 89.0 Å². The number of hydrogen-bond acceptors (Lipinski definition) is 4. The lowest BCUT2D eigenvalue weighted by atomic mass is 10.0. The van der Waals surface area contributed by atoms with Gasteiger partial charge in [-0.3, -0.25) is 9.69 Å². The number of ether oxygens (including phenoxy) is 1. The molecule has 2 saturated heterocycles. The number of carbonyl (C=O) groups excluding carboxylic acids is 1. The Balaban J connectivity index is 0.981. The second-order valence-electron chi connectivity index (χ2n) is 11.5. The summed E-state index contributed by atoms with van der Waals surface area (Å²) >= 11 is 0. The van der Waals surface area contributed by atoms with Gasteiger partial charge in [0.2, 0.25) is 0 Å². The van der Waals surface area contributed by atoms with Crippen LogP contribution in [-0.2, 0) is 13.0 Å². The molecule has 4 nitrogen and oxygen atoms in total. The fourth-order valence-corrected chi connectivity index (χ4v) is 6.63. The van der Waals surface area contributed by atoms with Crippen LogP contribution in [0.15, 0.2) is 66.7 Å². The molecule has 2 heterocycles. The number of likely N-dealkylation sites (tertiary alicyclic amines) is 2. The van der Waals surface area contributed by atoms with Crippen molar-refractivity contribution in [3.63, 3.8) is 0 Å². The molecule has 1 unspecified atom stereocenters. The zero-order valence-corrected chi connectivity index (χ0v) is 22.7. The van der Waals surface area contributed by atoms with E-state index in [-0.39, 0.29) is 11.9 Å². The molecule has 0 saturated carbocycles.